The predicted octanol–water partition coefficient (Wildman–Crippen LogP) is 3.96. The molecule has 1 aliphatic rings. The molecule has 1 nitrogen and oxygen atoms in total. The summed E-state index contributed by atoms with van der Waals surface area (Å²) in [4.78, 5) is 0. The highest BCUT2D eigenvalue weighted by Crippen LogP contribution is 2.37. The summed E-state index contributed by atoms with van der Waals surface area (Å²) in [6.45, 7) is 2.08. The molecule has 0 saturated heterocycles. The lowest BCUT2D eigenvalue weighted by molar-refractivity contribution is -0.0405. The van der Waals surface area contributed by atoms with Gasteiger partial charge in [-0.05, 0) is 36.5 Å². The van der Waals surface area contributed by atoms with Crippen LogP contribution >= 0.6 is 11.6 Å². The Kier molecular flexibility index (Phi) is 3.74. The first-order valence-corrected chi connectivity index (χ1v) is 6.55. The van der Waals surface area contributed by atoms with E-state index < -0.39 is 5.60 Å². The summed E-state index contributed by atoms with van der Waals surface area (Å²) in [7, 11) is 0. The molecule has 2 rings (SSSR count). The first-order chi connectivity index (χ1) is 8.01. The van der Waals surface area contributed by atoms with Crippen LogP contribution in [-0.4, -0.2) is 10.7 Å². The molecule has 1 saturated carbocycles. The van der Waals surface area contributed by atoms with Crippen molar-refractivity contribution in [1.29, 1.82) is 0 Å². The van der Waals surface area contributed by atoms with E-state index in [1.54, 1.807) is 6.07 Å². The quantitative estimate of drug-likeness (QED) is 0.849. The molecule has 1 N–H and O–H groups in total. The topological polar surface area (TPSA) is 20.2 Å². The minimum atomic E-state index is -0.681. The Hall–Kier alpha value is -0.600. The summed E-state index contributed by atoms with van der Waals surface area (Å²) in [6, 6.07) is 4.39. The van der Waals surface area contributed by atoms with Gasteiger partial charge in [0.05, 0.1) is 5.60 Å². The monoisotopic (exact) mass is 256 g/mol. The molecular formula is C14H18ClFO. The summed E-state index contributed by atoms with van der Waals surface area (Å²) < 4.78 is 13.0. The van der Waals surface area contributed by atoms with Gasteiger partial charge in [0.2, 0.25) is 0 Å². The average molecular weight is 257 g/mol. The van der Waals surface area contributed by atoms with E-state index in [0.29, 0.717) is 11.4 Å². The lowest BCUT2D eigenvalue weighted by Gasteiger charge is -2.38. The van der Waals surface area contributed by atoms with Crippen molar-refractivity contribution in [3.8, 4) is 0 Å². The lowest BCUT2D eigenvalue weighted by atomic mass is 9.73. The zero-order valence-electron chi connectivity index (χ0n) is 10.0. The smallest absolute Gasteiger partial charge is 0.124 e. The first-order valence-electron chi connectivity index (χ1n) is 6.17. The summed E-state index contributed by atoms with van der Waals surface area (Å²) in [5.41, 5.74) is 0.156. The molecule has 0 amide bonds. The highest BCUT2D eigenvalue weighted by atomic mass is 35.5. The molecule has 1 fully saturated rings. The van der Waals surface area contributed by atoms with Gasteiger partial charge in [-0.2, -0.15) is 0 Å². The van der Waals surface area contributed by atoms with E-state index in [0.717, 1.165) is 24.8 Å². The van der Waals surface area contributed by atoms with E-state index in [-0.39, 0.29) is 11.7 Å². The predicted molar refractivity (Wildman–Crippen MR) is 67.7 cm³/mol. The molecule has 17 heavy (non-hydrogen) atoms. The van der Waals surface area contributed by atoms with Gasteiger partial charge in [0.25, 0.3) is 0 Å². The van der Waals surface area contributed by atoms with Gasteiger partial charge in [-0.3, -0.25) is 0 Å². The van der Waals surface area contributed by atoms with Gasteiger partial charge in [0, 0.05) is 11.4 Å². The van der Waals surface area contributed by atoms with Crippen molar-refractivity contribution in [3.05, 3.63) is 34.6 Å². The van der Waals surface area contributed by atoms with Gasteiger partial charge in [0.15, 0.2) is 0 Å². The van der Waals surface area contributed by atoms with Gasteiger partial charge in [-0.25, -0.2) is 4.39 Å². The SMILES string of the molecule is CC1CCCCC1(O)Cc1ccc(F)cc1Cl. The lowest BCUT2D eigenvalue weighted by Crippen LogP contribution is -2.41. The van der Waals surface area contributed by atoms with Crippen molar-refractivity contribution in [2.24, 2.45) is 5.92 Å². The third kappa shape index (κ3) is 2.80. The molecule has 0 spiro atoms. The molecule has 0 aromatic heterocycles. The summed E-state index contributed by atoms with van der Waals surface area (Å²) in [5, 5.41) is 11.0. The fourth-order valence-electron chi connectivity index (χ4n) is 2.65. The van der Waals surface area contributed by atoms with Crippen molar-refractivity contribution in [2.45, 2.75) is 44.6 Å². The van der Waals surface area contributed by atoms with Gasteiger partial charge >= 0.3 is 0 Å². The van der Waals surface area contributed by atoms with Crippen LogP contribution in [0.1, 0.15) is 38.2 Å². The normalized spacial score (nSPS) is 29.3. The molecule has 3 heteroatoms. The molecule has 1 aromatic carbocycles. The summed E-state index contributed by atoms with van der Waals surface area (Å²) in [6.07, 6.45) is 4.62. The zero-order chi connectivity index (χ0) is 12.5. The van der Waals surface area contributed by atoms with Crippen LogP contribution in [0, 0.1) is 11.7 Å². The van der Waals surface area contributed by atoms with Crippen molar-refractivity contribution in [3.63, 3.8) is 0 Å². The van der Waals surface area contributed by atoms with Crippen LogP contribution in [0.3, 0.4) is 0 Å². The Balaban J connectivity index is 2.19. The largest absolute Gasteiger partial charge is 0.389 e. The molecule has 0 bridgehead atoms. The van der Waals surface area contributed by atoms with Crippen molar-refractivity contribution in [1.82, 2.24) is 0 Å². The number of halogens is 2. The van der Waals surface area contributed by atoms with Crippen molar-refractivity contribution < 1.29 is 9.50 Å². The standard InChI is InChI=1S/C14H18ClFO/c1-10-4-2-3-7-14(10,17)9-11-5-6-12(16)8-13(11)15/h5-6,8,10,17H,2-4,7,9H2,1H3. The number of benzene rings is 1. The third-order valence-corrected chi connectivity index (χ3v) is 4.28. The second-order valence-corrected chi connectivity index (χ2v) is 5.57. The molecule has 0 heterocycles. The second kappa shape index (κ2) is 4.95. The maximum atomic E-state index is 13.0. The number of hydrogen-bond donors (Lipinski definition) is 1. The van der Waals surface area contributed by atoms with Gasteiger partial charge < -0.3 is 5.11 Å². The molecule has 0 aliphatic heterocycles. The van der Waals surface area contributed by atoms with E-state index in [1.807, 2.05) is 0 Å². The van der Waals surface area contributed by atoms with Gasteiger partial charge in [0.1, 0.15) is 5.82 Å². The molecule has 2 unspecified atom stereocenters. The number of rotatable bonds is 2. The van der Waals surface area contributed by atoms with Crippen LogP contribution in [0.4, 0.5) is 4.39 Å². The molecular weight excluding hydrogens is 239 g/mol. The maximum Gasteiger partial charge on any atom is 0.124 e. The first kappa shape index (κ1) is 12.8. The van der Waals surface area contributed by atoms with Crippen LogP contribution < -0.4 is 0 Å². The molecule has 2 atom stereocenters. The van der Waals surface area contributed by atoms with Crippen molar-refractivity contribution in [2.75, 3.05) is 0 Å². The Morgan fingerprint density at radius 2 is 2.24 bits per heavy atom. The fraction of sp³-hybridized carbons (Fsp3) is 0.571. The zero-order valence-corrected chi connectivity index (χ0v) is 10.8. The molecule has 94 valence electrons. The minimum absolute atomic E-state index is 0.275. The van der Waals surface area contributed by atoms with E-state index in [2.05, 4.69) is 6.92 Å². The number of aliphatic hydroxyl groups is 1. The van der Waals surface area contributed by atoms with Crippen LogP contribution in [0.25, 0.3) is 0 Å². The molecule has 0 radical (unpaired) electrons. The van der Waals surface area contributed by atoms with E-state index in [4.69, 9.17) is 11.6 Å². The Morgan fingerprint density at radius 3 is 2.88 bits per heavy atom. The van der Waals surface area contributed by atoms with Crippen LogP contribution in [0.2, 0.25) is 5.02 Å². The van der Waals surface area contributed by atoms with Gasteiger partial charge in [-0.15, -0.1) is 0 Å². The number of hydrogen-bond acceptors (Lipinski definition) is 1. The highest BCUT2D eigenvalue weighted by Gasteiger charge is 2.36. The second-order valence-electron chi connectivity index (χ2n) is 5.16. The summed E-state index contributed by atoms with van der Waals surface area (Å²) >= 11 is 6.01. The van der Waals surface area contributed by atoms with Crippen molar-refractivity contribution >= 4 is 11.6 Å². The van der Waals surface area contributed by atoms with Crippen LogP contribution in [0.5, 0.6) is 0 Å². The van der Waals surface area contributed by atoms with Gasteiger partial charge in [-0.1, -0.05) is 37.4 Å². The van der Waals surface area contributed by atoms with Crippen LogP contribution in [0.15, 0.2) is 18.2 Å². The molecule has 1 aromatic rings. The van der Waals surface area contributed by atoms with Crippen LogP contribution in [-0.2, 0) is 6.42 Å². The Labute approximate surface area is 107 Å². The Bertz CT molecular complexity index is 407. The molecule has 1 aliphatic carbocycles. The van der Waals surface area contributed by atoms with E-state index in [1.165, 1.54) is 18.6 Å². The highest BCUT2D eigenvalue weighted by molar-refractivity contribution is 6.31. The maximum absolute atomic E-state index is 13.0. The Morgan fingerprint density at radius 1 is 1.47 bits per heavy atom. The average Bonchev–Trinajstić information content (AvgIpc) is 2.27. The van der Waals surface area contributed by atoms with E-state index in [9.17, 15) is 9.50 Å². The fourth-order valence-corrected chi connectivity index (χ4v) is 2.89. The third-order valence-electron chi connectivity index (χ3n) is 3.93. The minimum Gasteiger partial charge on any atom is -0.389 e. The summed E-state index contributed by atoms with van der Waals surface area (Å²) in [5.74, 6) is -0.0557. The van der Waals surface area contributed by atoms with E-state index >= 15 is 0 Å².